The normalized spacial score (nSPS) is 13.3. The lowest BCUT2D eigenvalue weighted by atomic mass is 10.0. The quantitative estimate of drug-likeness (QED) is 0.322. The van der Waals surface area contributed by atoms with Crippen molar-refractivity contribution >= 4 is 36.2 Å². The minimum Gasteiger partial charge on any atom is -0.496 e. The van der Waals surface area contributed by atoms with Gasteiger partial charge in [-0.05, 0) is 69.5 Å². The molecular weight excluding hydrogens is 496 g/mol. The second kappa shape index (κ2) is 11.2. The lowest BCUT2D eigenvalue weighted by Gasteiger charge is -2.36. The third-order valence-electron chi connectivity index (χ3n) is 5.84. The van der Waals surface area contributed by atoms with Gasteiger partial charge in [0, 0.05) is 5.56 Å². The zero-order chi connectivity index (χ0) is 23.9. The van der Waals surface area contributed by atoms with E-state index in [1.165, 1.54) is 19.3 Å². The van der Waals surface area contributed by atoms with Gasteiger partial charge in [-0.25, -0.2) is 0 Å². The highest BCUT2D eigenvalue weighted by Gasteiger charge is 2.44. The summed E-state index contributed by atoms with van der Waals surface area (Å²) in [5.41, 5.74) is 6.26. The number of hydrogen-bond donors (Lipinski definition) is 1. The van der Waals surface area contributed by atoms with Crippen molar-refractivity contribution in [1.82, 2.24) is 0 Å². The largest absolute Gasteiger partial charge is 0.496 e. The van der Waals surface area contributed by atoms with Gasteiger partial charge < -0.3 is 14.9 Å². The zero-order valence-electron chi connectivity index (χ0n) is 18.8. The van der Waals surface area contributed by atoms with E-state index in [1.807, 2.05) is 20.8 Å². The molecule has 0 spiro atoms. The molecule has 0 saturated carbocycles. The summed E-state index contributed by atoms with van der Waals surface area (Å²) in [7, 11) is -0.866. The number of carbonyl (C=O) groups excluding carboxylic acids is 1. The van der Waals surface area contributed by atoms with Crippen LogP contribution in [0.3, 0.4) is 0 Å². The molecule has 0 aliphatic carbocycles. The van der Waals surface area contributed by atoms with Crippen molar-refractivity contribution in [3.8, 4) is 5.75 Å². The van der Waals surface area contributed by atoms with Crippen LogP contribution in [-0.4, -0.2) is 27.3 Å². The van der Waals surface area contributed by atoms with Crippen LogP contribution >= 0.6 is 15.9 Å². The Morgan fingerprint density at radius 2 is 1.78 bits per heavy atom. The number of carbonyl (C=O) groups is 1. The van der Waals surface area contributed by atoms with Crippen LogP contribution in [-0.2, 0) is 4.43 Å². The maximum absolute atomic E-state index is 15.7. The third-order valence-corrected chi connectivity index (χ3v) is 11.1. The molecule has 0 heterocycles. The molecule has 2 rings (SSSR count). The van der Waals surface area contributed by atoms with Gasteiger partial charge in [0.1, 0.15) is 11.9 Å². The molecule has 4 nitrogen and oxygen atoms in total. The summed E-state index contributed by atoms with van der Waals surface area (Å²) in [5, 5.41) is 0. The average Bonchev–Trinajstić information content (AvgIpc) is 2.79. The van der Waals surface area contributed by atoms with Crippen molar-refractivity contribution in [1.29, 1.82) is 0 Å². The Labute approximate surface area is 198 Å². The Morgan fingerprint density at radius 3 is 2.31 bits per heavy atom. The molecule has 8 heteroatoms. The van der Waals surface area contributed by atoms with E-state index < -0.39 is 26.3 Å². The minimum atomic E-state index is -3.34. The molecule has 0 aromatic heterocycles. The van der Waals surface area contributed by atoms with E-state index in [2.05, 4.69) is 15.9 Å². The SMILES string of the molecule is CC[Si](CC)(CC)OC(c1ccc(OC)c(Br)c1)C(F)(F)C=Cc1ccccc1C(N)=O. The second-order valence-electron chi connectivity index (χ2n) is 7.59. The fourth-order valence-electron chi connectivity index (χ4n) is 3.62. The number of rotatable bonds is 11. The highest BCUT2D eigenvalue weighted by atomic mass is 79.9. The molecule has 0 fully saturated rings. The van der Waals surface area contributed by atoms with E-state index in [-0.39, 0.29) is 5.56 Å². The Balaban J connectivity index is 2.54. The van der Waals surface area contributed by atoms with Gasteiger partial charge >= 0.3 is 0 Å². The molecule has 0 bridgehead atoms. The Morgan fingerprint density at radius 1 is 1.16 bits per heavy atom. The molecule has 0 aliphatic rings. The van der Waals surface area contributed by atoms with Crippen molar-refractivity contribution < 1.29 is 22.7 Å². The topological polar surface area (TPSA) is 61.6 Å². The monoisotopic (exact) mass is 525 g/mol. The lowest BCUT2D eigenvalue weighted by molar-refractivity contribution is -0.0627. The summed E-state index contributed by atoms with van der Waals surface area (Å²) >= 11 is 3.39. The van der Waals surface area contributed by atoms with Crippen LogP contribution in [0, 0.1) is 0 Å². The molecule has 0 saturated heterocycles. The number of methoxy groups -OCH3 is 1. The van der Waals surface area contributed by atoms with E-state index >= 15 is 8.78 Å². The van der Waals surface area contributed by atoms with Crippen LogP contribution in [0.5, 0.6) is 5.75 Å². The minimum absolute atomic E-state index is 0.184. The number of alkyl halides is 2. The van der Waals surface area contributed by atoms with E-state index in [0.717, 1.165) is 24.2 Å². The molecule has 1 atom stereocenters. The first-order valence-electron chi connectivity index (χ1n) is 10.6. The van der Waals surface area contributed by atoms with Gasteiger partial charge in [-0.3, -0.25) is 4.79 Å². The molecule has 2 N–H and O–H groups in total. The maximum atomic E-state index is 15.7. The van der Waals surface area contributed by atoms with Crippen molar-refractivity contribution in [3.63, 3.8) is 0 Å². The summed E-state index contributed by atoms with van der Waals surface area (Å²) in [6.45, 7) is 5.99. The Hall–Kier alpha value is -2.03. The number of ether oxygens (including phenoxy) is 1. The first kappa shape index (κ1) is 26.2. The number of amides is 1. The first-order valence-corrected chi connectivity index (χ1v) is 13.9. The smallest absolute Gasteiger partial charge is 0.295 e. The van der Waals surface area contributed by atoms with Gasteiger partial charge in [0.05, 0.1) is 11.6 Å². The molecule has 2 aromatic carbocycles. The summed E-state index contributed by atoms with van der Waals surface area (Å²) < 4.78 is 43.5. The van der Waals surface area contributed by atoms with E-state index in [4.69, 9.17) is 14.9 Å². The Bertz CT molecular complexity index is 956. The van der Waals surface area contributed by atoms with Crippen LogP contribution in [0.1, 0.15) is 48.4 Å². The van der Waals surface area contributed by atoms with Gasteiger partial charge in [-0.15, -0.1) is 0 Å². The maximum Gasteiger partial charge on any atom is 0.295 e. The van der Waals surface area contributed by atoms with Gasteiger partial charge in [0.15, 0.2) is 8.32 Å². The Kier molecular flexibility index (Phi) is 9.18. The number of nitrogens with two attached hydrogens (primary N) is 1. The van der Waals surface area contributed by atoms with Crippen LogP contribution < -0.4 is 10.5 Å². The van der Waals surface area contributed by atoms with Crippen LogP contribution in [0.15, 0.2) is 53.0 Å². The van der Waals surface area contributed by atoms with Crippen LogP contribution in [0.4, 0.5) is 8.78 Å². The summed E-state index contributed by atoms with van der Waals surface area (Å²) in [6.07, 6.45) is 0.563. The van der Waals surface area contributed by atoms with E-state index in [9.17, 15) is 4.79 Å². The summed E-state index contributed by atoms with van der Waals surface area (Å²) in [4.78, 5) is 11.7. The molecule has 2 aromatic rings. The first-order chi connectivity index (χ1) is 15.1. The average molecular weight is 526 g/mol. The summed E-state index contributed by atoms with van der Waals surface area (Å²) in [5.74, 6) is -3.46. The van der Waals surface area contributed by atoms with Crippen molar-refractivity contribution in [2.24, 2.45) is 5.73 Å². The molecule has 174 valence electrons. The number of benzene rings is 2. The fourth-order valence-corrected chi connectivity index (χ4v) is 6.97. The van der Waals surface area contributed by atoms with E-state index in [1.54, 1.807) is 36.4 Å². The third kappa shape index (κ3) is 6.05. The highest BCUT2D eigenvalue weighted by Crippen LogP contribution is 2.42. The van der Waals surface area contributed by atoms with Crippen LogP contribution in [0.25, 0.3) is 6.08 Å². The molecule has 32 heavy (non-hydrogen) atoms. The van der Waals surface area contributed by atoms with Gasteiger partial charge in [0.2, 0.25) is 5.91 Å². The molecular formula is C24H30BrF2NO3Si. The molecule has 1 unspecified atom stereocenters. The zero-order valence-corrected chi connectivity index (χ0v) is 21.4. The predicted octanol–water partition coefficient (Wildman–Crippen LogP) is 6.97. The highest BCUT2D eigenvalue weighted by molar-refractivity contribution is 9.10. The molecule has 0 aliphatic heterocycles. The van der Waals surface area contributed by atoms with Gasteiger partial charge in [0.25, 0.3) is 5.92 Å². The van der Waals surface area contributed by atoms with Crippen LogP contribution in [0.2, 0.25) is 18.1 Å². The fraction of sp³-hybridized carbons (Fsp3) is 0.375. The lowest BCUT2D eigenvalue weighted by Crippen LogP contribution is -2.42. The van der Waals surface area contributed by atoms with Gasteiger partial charge in [-0.2, -0.15) is 8.78 Å². The number of hydrogen-bond acceptors (Lipinski definition) is 3. The summed E-state index contributed by atoms with van der Waals surface area (Å²) in [6, 6.07) is 13.5. The number of halogens is 3. The standard InChI is InChI=1S/C24H30BrF2NO3Si/c1-5-32(6-2,7-3)31-22(18-12-13-21(30-4)20(25)16-18)24(26,27)15-14-17-10-8-9-11-19(17)23(28)29/h8-16,22H,5-7H2,1-4H3,(H2,28,29). The molecule has 0 radical (unpaired) electrons. The van der Waals surface area contributed by atoms with Crippen molar-refractivity contribution in [3.05, 3.63) is 69.7 Å². The molecule has 1 amide bonds. The number of primary amides is 1. The predicted molar refractivity (Wildman–Crippen MR) is 131 cm³/mol. The van der Waals surface area contributed by atoms with Crippen molar-refractivity contribution in [2.75, 3.05) is 7.11 Å². The van der Waals surface area contributed by atoms with Crippen molar-refractivity contribution in [2.45, 2.75) is 50.9 Å². The van der Waals surface area contributed by atoms with Gasteiger partial charge in [-0.1, -0.05) is 51.1 Å². The second-order valence-corrected chi connectivity index (χ2v) is 13.2. The van der Waals surface area contributed by atoms with E-state index in [0.29, 0.717) is 21.3 Å².